The van der Waals surface area contributed by atoms with E-state index in [-0.39, 0.29) is 24.2 Å². The second kappa shape index (κ2) is 7.06. The zero-order valence-corrected chi connectivity index (χ0v) is 11.2. The van der Waals surface area contributed by atoms with Crippen molar-refractivity contribution < 1.29 is 19.4 Å². The maximum Gasteiger partial charge on any atom is 0.316 e. The molecular formula is C13H16O4S. The SMILES string of the molecule is CC(C)OC(=O)CSc1ccc(CC(=O)O)cc1. The number of carboxylic acids is 1. The summed E-state index contributed by atoms with van der Waals surface area (Å²) in [6, 6.07) is 7.13. The lowest BCUT2D eigenvalue weighted by Gasteiger charge is -2.07. The normalized spacial score (nSPS) is 10.4. The van der Waals surface area contributed by atoms with Gasteiger partial charge in [0.05, 0.1) is 18.3 Å². The van der Waals surface area contributed by atoms with Crippen molar-refractivity contribution in [3.8, 4) is 0 Å². The molecule has 0 saturated heterocycles. The predicted octanol–water partition coefficient (Wildman–Crippen LogP) is 2.36. The van der Waals surface area contributed by atoms with Gasteiger partial charge in [0.2, 0.25) is 0 Å². The van der Waals surface area contributed by atoms with Crippen LogP contribution in [-0.2, 0) is 20.7 Å². The highest BCUT2D eigenvalue weighted by atomic mass is 32.2. The Morgan fingerprint density at radius 2 is 1.89 bits per heavy atom. The van der Waals surface area contributed by atoms with Gasteiger partial charge in [0, 0.05) is 4.90 Å². The topological polar surface area (TPSA) is 63.6 Å². The van der Waals surface area contributed by atoms with Crippen molar-refractivity contribution in [2.75, 3.05) is 5.75 Å². The molecular weight excluding hydrogens is 252 g/mol. The lowest BCUT2D eigenvalue weighted by molar-refractivity contribution is -0.144. The Morgan fingerprint density at radius 3 is 2.39 bits per heavy atom. The molecule has 5 heteroatoms. The molecule has 1 N–H and O–H groups in total. The minimum Gasteiger partial charge on any atom is -0.481 e. The molecule has 1 aromatic carbocycles. The minimum atomic E-state index is -0.851. The third kappa shape index (κ3) is 5.72. The molecule has 0 radical (unpaired) electrons. The number of thioether (sulfide) groups is 1. The summed E-state index contributed by atoms with van der Waals surface area (Å²) in [4.78, 5) is 22.7. The molecule has 1 aromatic rings. The van der Waals surface area contributed by atoms with Crippen LogP contribution in [0.4, 0.5) is 0 Å². The number of aliphatic carboxylic acids is 1. The molecule has 0 spiro atoms. The van der Waals surface area contributed by atoms with E-state index in [2.05, 4.69) is 0 Å². The molecule has 1 rings (SSSR count). The van der Waals surface area contributed by atoms with E-state index in [0.717, 1.165) is 10.5 Å². The molecule has 0 saturated carbocycles. The van der Waals surface area contributed by atoms with Crippen molar-refractivity contribution >= 4 is 23.7 Å². The van der Waals surface area contributed by atoms with E-state index in [9.17, 15) is 9.59 Å². The third-order valence-corrected chi connectivity index (χ3v) is 2.99. The van der Waals surface area contributed by atoms with Gasteiger partial charge in [-0.2, -0.15) is 0 Å². The maximum atomic E-state index is 11.3. The summed E-state index contributed by atoms with van der Waals surface area (Å²) in [6.45, 7) is 3.62. The fourth-order valence-electron chi connectivity index (χ4n) is 1.32. The van der Waals surface area contributed by atoms with Crippen molar-refractivity contribution in [3.63, 3.8) is 0 Å². The first-order valence-electron chi connectivity index (χ1n) is 5.60. The van der Waals surface area contributed by atoms with Crippen LogP contribution in [-0.4, -0.2) is 28.9 Å². The van der Waals surface area contributed by atoms with Gasteiger partial charge in [-0.1, -0.05) is 12.1 Å². The summed E-state index contributed by atoms with van der Waals surface area (Å²) in [6.07, 6.45) is -0.0867. The third-order valence-electron chi connectivity index (χ3n) is 2.00. The quantitative estimate of drug-likeness (QED) is 0.634. The molecule has 18 heavy (non-hydrogen) atoms. The predicted molar refractivity (Wildman–Crippen MR) is 69.7 cm³/mol. The van der Waals surface area contributed by atoms with Crippen LogP contribution in [0.2, 0.25) is 0 Å². The fraction of sp³-hybridized carbons (Fsp3) is 0.385. The standard InChI is InChI=1S/C13H16O4S/c1-9(2)17-13(16)8-18-11-5-3-10(4-6-11)7-12(14)15/h3-6,9H,7-8H2,1-2H3,(H,14,15). The monoisotopic (exact) mass is 268 g/mol. The Bertz CT molecular complexity index is 412. The lowest BCUT2D eigenvalue weighted by atomic mass is 10.2. The molecule has 4 nitrogen and oxygen atoms in total. The van der Waals surface area contributed by atoms with E-state index in [1.54, 1.807) is 12.1 Å². The van der Waals surface area contributed by atoms with E-state index >= 15 is 0 Å². The zero-order valence-electron chi connectivity index (χ0n) is 10.4. The van der Waals surface area contributed by atoms with Gasteiger partial charge in [-0.05, 0) is 31.5 Å². The lowest BCUT2D eigenvalue weighted by Crippen LogP contribution is -2.13. The molecule has 0 bridgehead atoms. The summed E-state index contributed by atoms with van der Waals surface area (Å²) in [5.74, 6) is -0.836. The van der Waals surface area contributed by atoms with Crippen molar-refractivity contribution in [2.45, 2.75) is 31.3 Å². The number of ether oxygens (including phenoxy) is 1. The second-order valence-corrected chi connectivity index (χ2v) is 5.09. The molecule has 98 valence electrons. The molecule has 0 amide bonds. The Morgan fingerprint density at radius 1 is 1.28 bits per heavy atom. The van der Waals surface area contributed by atoms with E-state index in [1.165, 1.54) is 11.8 Å². The number of carbonyl (C=O) groups is 2. The first-order chi connectivity index (χ1) is 8.47. The summed E-state index contributed by atoms with van der Waals surface area (Å²) in [5.41, 5.74) is 0.747. The summed E-state index contributed by atoms with van der Waals surface area (Å²) in [5, 5.41) is 8.63. The number of hydrogen-bond donors (Lipinski definition) is 1. The number of rotatable bonds is 6. The highest BCUT2D eigenvalue weighted by Crippen LogP contribution is 2.19. The van der Waals surface area contributed by atoms with Crippen molar-refractivity contribution in [1.82, 2.24) is 0 Å². The number of carbonyl (C=O) groups excluding carboxylic acids is 1. The maximum absolute atomic E-state index is 11.3. The molecule has 0 aromatic heterocycles. The van der Waals surface area contributed by atoms with Crippen LogP contribution in [0.5, 0.6) is 0 Å². The Labute approximate surface area is 110 Å². The van der Waals surface area contributed by atoms with Crippen LogP contribution < -0.4 is 0 Å². The van der Waals surface area contributed by atoms with Gasteiger partial charge in [0.1, 0.15) is 0 Å². The van der Waals surface area contributed by atoms with Gasteiger partial charge in [-0.15, -0.1) is 11.8 Å². The van der Waals surface area contributed by atoms with Gasteiger partial charge in [0.15, 0.2) is 0 Å². The molecule has 0 fully saturated rings. The van der Waals surface area contributed by atoms with Crippen LogP contribution in [0, 0.1) is 0 Å². The molecule has 0 aliphatic carbocycles. The van der Waals surface area contributed by atoms with Gasteiger partial charge in [-0.3, -0.25) is 9.59 Å². The first-order valence-corrected chi connectivity index (χ1v) is 6.59. The van der Waals surface area contributed by atoms with Crippen LogP contribution >= 0.6 is 11.8 Å². The highest BCUT2D eigenvalue weighted by molar-refractivity contribution is 8.00. The summed E-state index contributed by atoms with van der Waals surface area (Å²) < 4.78 is 5.01. The number of esters is 1. The van der Waals surface area contributed by atoms with E-state index in [4.69, 9.17) is 9.84 Å². The van der Waals surface area contributed by atoms with E-state index < -0.39 is 5.97 Å². The molecule has 0 heterocycles. The Hall–Kier alpha value is -1.49. The molecule has 0 aliphatic rings. The average molecular weight is 268 g/mol. The highest BCUT2D eigenvalue weighted by Gasteiger charge is 2.06. The average Bonchev–Trinajstić information content (AvgIpc) is 2.26. The number of hydrogen-bond acceptors (Lipinski definition) is 4. The minimum absolute atomic E-state index is 0.0142. The first kappa shape index (κ1) is 14.6. The van der Waals surface area contributed by atoms with E-state index in [0.29, 0.717) is 0 Å². The van der Waals surface area contributed by atoms with Crippen molar-refractivity contribution in [3.05, 3.63) is 29.8 Å². The summed E-state index contributed by atoms with van der Waals surface area (Å²) in [7, 11) is 0. The van der Waals surface area contributed by atoms with E-state index in [1.807, 2.05) is 26.0 Å². The second-order valence-electron chi connectivity index (χ2n) is 4.04. The van der Waals surface area contributed by atoms with Crippen LogP contribution in [0.15, 0.2) is 29.2 Å². The van der Waals surface area contributed by atoms with Gasteiger partial charge < -0.3 is 9.84 Å². The van der Waals surface area contributed by atoms with Gasteiger partial charge >= 0.3 is 11.9 Å². The number of benzene rings is 1. The van der Waals surface area contributed by atoms with Gasteiger partial charge in [-0.25, -0.2) is 0 Å². The Kier molecular flexibility index (Phi) is 5.71. The summed E-state index contributed by atoms with van der Waals surface area (Å²) >= 11 is 1.38. The molecule has 0 atom stereocenters. The van der Waals surface area contributed by atoms with Crippen LogP contribution in [0.3, 0.4) is 0 Å². The zero-order chi connectivity index (χ0) is 13.5. The Balaban J connectivity index is 2.44. The van der Waals surface area contributed by atoms with Crippen LogP contribution in [0.1, 0.15) is 19.4 Å². The molecule has 0 aliphatic heterocycles. The largest absolute Gasteiger partial charge is 0.481 e. The molecule has 0 unspecified atom stereocenters. The smallest absolute Gasteiger partial charge is 0.316 e. The fourth-order valence-corrected chi connectivity index (χ4v) is 2.00. The van der Waals surface area contributed by atoms with Gasteiger partial charge in [0.25, 0.3) is 0 Å². The van der Waals surface area contributed by atoms with Crippen molar-refractivity contribution in [2.24, 2.45) is 0 Å². The number of carboxylic acid groups (broad SMARTS) is 1. The van der Waals surface area contributed by atoms with Crippen molar-refractivity contribution in [1.29, 1.82) is 0 Å². The van der Waals surface area contributed by atoms with Crippen LogP contribution in [0.25, 0.3) is 0 Å².